The largest absolute Gasteiger partial charge is 0.497 e. The second kappa shape index (κ2) is 8.46. The van der Waals surface area contributed by atoms with Crippen molar-refractivity contribution in [2.24, 2.45) is 0 Å². The molecule has 0 atom stereocenters. The van der Waals surface area contributed by atoms with E-state index in [9.17, 15) is 4.79 Å². The van der Waals surface area contributed by atoms with Gasteiger partial charge in [0.2, 0.25) is 5.91 Å². The van der Waals surface area contributed by atoms with Gasteiger partial charge in [0.1, 0.15) is 17.1 Å². The van der Waals surface area contributed by atoms with Crippen molar-refractivity contribution in [1.82, 2.24) is 34.5 Å². The lowest BCUT2D eigenvalue weighted by molar-refractivity contribution is -0.121. The maximum Gasteiger partial charge on any atom is 0.220 e. The molecule has 0 saturated heterocycles. The number of rotatable bonds is 7. The van der Waals surface area contributed by atoms with E-state index in [0.29, 0.717) is 25.0 Å². The van der Waals surface area contributed by atoms with E-state index >= 15 is 0 Å². The number of benzene rings is 1. The van der Waals surface area contributed by atoms with Gasteiger partial charge in [0.25, 0.3) is 0 Å². The summed E-state index contributed by atoms with van der Waals surface area (Å²) in [5.41, 5.74) is 4.32. The van der Waals surface area contributed by atoms with Crippen LogP contribution >= 0.6 is 0 Å². The van der Waals surface area contributed by atoms with Crippen molar-refractivity contribution in [3.05, 3.63) is 78.6 Å². The van der Waals surface area contributed by atoms with Gasteiger partial charge < -0.3 is 10.1 Å². The summed E-state index contributed by atoms with van der Waals surface area (Å²) >= 11 is 0. The van der Waals surface area contributed by atoms with Crippen LogP contribution in [0.15, 0.2) is 67.3 Å². The fourth-order valence-corrected chi connectivity index (χ4v) is 3.55. The Morgan fingerprint density at radius 1 is 1.12 bits per heavy atom. The second-order valence-corrected chi connectivity index (χ2v) is 7.33. The molecule has 1 N–H and O–H groups in total. The van der Waals surface area contributed by atoms with Gasteiger partial charge in [-0.05, 0) is 42.0 Å². The van der Waals surface area contributed by atoms with Gasteiger partial charge in [0, 0.05) is 49.7 Å². The van der Waals surface area contributed by atoms with Gasteiger partial charge in [-0.1, -0.05) is 6.07 Å². The third-order valence-electron chi connectivity index (χ3n) is 5.26. The summed E-state index contributed by atoms with van der Waals surface area (Å²) < 4.78 is 8.92. The molecule has 9 heteroatoms. The first kappa shape index (κ1) is 19.7. The Bertz CT molecular complexity index is 1370. The number of fused-ring (bicyclic) bond motifs is 3. The number of carbonyl (C=O) groups excluding carboxylic acids is 1. The van der Waals surface area contributed by atoms with Crippen molar-refractivity contribution in [2.45, 2.75) is 19.4 Å². The predicted molar refractivity (Wildman–Crippen MR) is 118 cm³/mol. The molecule has 0 fully saturated rings. The molecule has 5 aromatic rings. The Hall–Kier alpha value is -4.27. The minimum Gasteiger partial charge on any atom is -0.497 e. The van der Waals surface area contributed by atoms with Gasteiger partial charge in [-0.3, -0.25) is 14.2 Å². The van der Waals surface area contributed by atoms with E-state index in [1.54, 1.807) is 24.0 Å². The van der Waals surface area contributed by atoms with E-state index in [2.05, 4.69) is 25.6 Å². The molecular formula is C23H21N7O2. The highest BCUT2D eigenvalue weighted by Crippen LogP contribution is 2.24. The quantitative estimate of drug-likeness (QED) is 0.429. The number of hydrogen-bond acceptors (Lipinski definition) is 6. The molecule has 160 valence electrons. The lowest BCUT2D eigenvalue weighted by Gasteiger charge is -2.04. The molecule has 4 aromatic heterocycles. The lowest BCUT2D eigenvalue weighted by atomic mass is 10.1. The molecule has 0 aliphatic heterocycles. The SMILES string of the molecule is COc1ccc(-c2cc3c4nnc(CCC(=O)NCc5cccnc5)n4ccn3n2)cc1. The molecule has 1 amide bonds. The number of nitrogens with zero attached hydrogens (tertiary/aromatic N) is 6. The van der Waals surface area contributed by atoms with Gasteiger partial charge >= 0.3 is 0 Å². The molecule has 5 rings (SSSR count). The molecule has 9 nitrogen and oxygen atoms in total. The number of methoxy groups -OCH3 is 1. The third kappa shape index (κ3) is 3.87. The summed E-state index contributed by atoms with van der Waals surface area (Å²) in [7, 11) is 1.64. The average molecular weight is 427 g/mol. The summed E-state index contributed by atoms with van der Waals surface area (Å²) in [6, 6.07) is 13.5. The number of hydrogen-bond donors (Lipinski definition) is 1. The normalized spacial score (nSPS) is 11.2. The number of aryl methyl sites for hydroxylation is 1. The third-order valence-corrected chi connectivity index (χ3v) is 5.26. The lowest BCUT2D eigenvalue weighted by Crippen LogP contribution is -2.23. The molecule has 0 radical (unpaired) electrons. The zero-order chi connectivity index (χ0) is 21.9. The summed E-state index contributed by atoms with van der Waals surface area (Å²) in [5, 5.41) is 16.2. The van der Waals surface area contributed by atoms with E-state index in [1.807, 2.05) is 59.3 Å². The molecule has 0 bridgehead atoms. The molecule has 0 saturated carbocycles. The van der Waals surface area contributed by atoms with Crippen molar-refractivity contribution >= 4 is 17.1 Å². The summed E-state index contributed by atoms with van der Waals surface area (Å²) in [6.07, 6.45) is 7.99. The molecule has 0 aliphatic rings. The van der Waals surface area contributed by atoms with Crippen LogP contribution in [-0.4, -0.2) is 42.2 Å². The van der Waals surface area contributed by atoms with Crippen LogP contribution < -0.4 is 10.1 Å². The Morgan fingerprint density at radius 3 is 2.78 bits per heavy atom. The van der Waals surface area contributed by atoms with Crippen LogP contribution in [0.3, 0.4) is 0 Å². The van der Waals surface area contributed by atoms with Crippen molar-refractivity contribution in [3.8, 4) is 17.0 Å². The highest BCUT2D eigenvalue weighted by atomic mass is 16.5. The van der Waals surface area contributed by atoms with E-state index in [4.69, 9.17) is 4.74 Å². The monoisotopic (exact) mass is 427 g/mol. The van der Waals surface area contributed by atoms with Gasteiger partial charge in [0.15, 0.2) is 5.65 Å². The summed E-state index contributed by atoms with van der Waals surface area (Å²) in [6.45, 7) is 0.456. The minimum atomic E-state index is -0.0437. The zero-order valence-corrected chi connectivity index (χ0v) is 17.5. The minimum absolute atomic E-state index is 0.0437. The van der Waals surface area contributed by atoms with Crippen LogP contribution in [0.25, 0.3) is 22.4 Å². The fraction of sp³-hybridized carbons (Fsp3) is 0.174. The number of amides is 1. The van der Waals surface area contributed by atoms with Crippen LogP contribution in [0.5, 0.6) is 5.75 Å². The standard InChI is InChI=1S/C23H21N7O2/c1-32-18-6-4-17(5-7-18)19-13-20-23-27-26-21(29(23)11-12-30(20)28-19)8-9-22(31)25-15-16-3-2-10-24-14-16/h2-7,10-14H,8-9,15H2,1H3,(H,25,31). The molecular weight excluding hydrogens is 406 g/mol. The van der Waals surface area contributed by atoms with Gasteiger partial charge in [-0.25, -0.2) is 4.52 Å². The van der Waals surface area contributed by atoms with Crippen LogP contribution in [0.1, 0.15) is 17.8 Å². The number of nitrogens with one attached hydrogen (secondary N) is 1. The first-order valence-corrected chi connectivity index (χ1v) is 10.2. The maximum atomic E-state index is 12.3. The first-order valence-electron chi connectivity index (χ1n) is 10.2. The van der Waals surface area contributed by atoms with E-state index in [-0.39, 0.29) is 5.91 Å². The molecule has 0 spiro atoms. The topological polar surface area (TPSA) is 98.7 Å². The van der Waals surface area contributed by atoms with Crippen molar-refractivity contribution < 1.29 is 9.53 Å². The smallest absolute Gasteiger partial charge is 0.220 e. The summed E-state index contributed by atoms with van der Waals surface area (Å²) in [4.78, 5) is 16.3. The Morgan fingerprint density at radius 2 is 2.00 bits per heavy atom. The van der Waals surface area contributed by atoms with E-state index in [0.717, 1.165) is 33.9 Å². The van der Waals surface area contributed by atoms with Crippen molar-refractivity contribution in [3.63, 3.8) is 0 Å². The highest BCUT2D eigenvalue weighted by molar-refractivity contribution is 5.77. The maximum absolute atomic E-state index is 12.3. The van der Waals surface area contributed by atoms with E-state index < -0.39 is 0 Å². The van der Waals surface area contributed by atoms with Crippen molar-refractivity contribution in [2.75, 3.05) is 7.11 Å². The highest BCUT2D eigenvalue weighted by Gasteiger charge is 2.13. The van der Waals surface area contributed by atoms with Gasteiger partial charge in [-0.2, -0.15) is 5.10 Å². The molecule has 0 aliphatic carbocycles. The number of pyridine rings is 1. The van der Waals surface area contributed by atoms with E-state index in [1.165, 1.54) is 0 Å². The van der Waals surface area contributed by atoms with Gasteiger partial charge in [-0.15, -0.1) is 10.2 Å². The second-order valence-electron chi connectivity index (χ2n) is 7.33. The molecule has 1 aromatic carbocycles. The first-order chi connectivity index (χ1) is 15.7. The Kier molecular flexibility index (Phi) is 5.20. The van der Waals surface area contributed by atoms with Crippen LogP contribution in [0, 0.1) is 0 Å². The molecule has 4 heterocycles. The fourth-order valence-electron chi connectivity index (χ4n) is 3.55. The Labute approximate surface area is 183 Å². The number of aromatic nitrogens is 6. The zero-order valence-electron chi connectivity index (χ0n) is 17.5. The summed E-state index contributed by atoms with van der Waals surface area (Å²) in [5.74, 6) is 1.48. The number of ether oxygens (including phenoxy) is 1. The predicted octanol–water partition coefficient (Wildman–Crippen LogP) is 2.70. The molecule has 32 heavy (non-hydrogen) atoms. The van der Waals surface area contributed by atoms with Crippen LogP contribution in [-0.2, 0) is 17.8 Å². The molecule has 0 unspecified atom stereocenters. The Balaban J connectivity index is 1.32. The van der Waals surface area contributed by atoms with Crippen molar-refractivity contribution in [1.29, 1.82) is 0 Å². The number of carbonyl (C=O) groups is 1. The van der Waals surface area contributed by atoms with Gasteiger partial charge in [0.05, 0.1) is 12.8 Å². The van der Waals surface area contributed by atoms with Crippen LogP contribution in [0.2, 0.25) is 0 Å². The van der Waals surface area contributed by atoms with Crippen LogP contribution in [0.4, 0.5) is 0 Å². The average Bonchev–Trinajstić information content (AvgIpc) is 3.46.